The molecule has 0 heterocycles. The summed E-state index contributed by atoms with van der Waals surface area (Å²) in [7, 11) is 0. The molecule has 78 valence electrons. The van der Waals surface area contributed by atoms with Crippen molar-refractivity contribution in [3.8, 4) is 6.07 Å². The maximum absolute atomic E-state index is 12.0. The van der Waals surface area contributed by atoms with E-state index in [2.05, 4.69) is 13.0 Å². The first-order chi connectivity index (χ1) is 6.70. The third kappa shape index (κ3) is 2.35. The standard InChI is InChI=1S/C12H19NO/c1-3-5-10(8-13)12(14)11-7-4-6-9(11)2/h9-11H,3-7H2,1-2H3. The molecule has 3 atom stereocenters. The van der Waals surface area contributed by atoms with E-state index >= 15 is 0 Å². The van der Waals surface area contributed by atoms with Crippen LogP contribution < -0.4 is 0 Å². The van der Waals surface area contributed by atoms with E-state index in [0.29, 0.717) is 5.92 Å². The van der Waals surface area contributed by atoms with Crippen LogP contribution in [0.2, 0.25) is 0 Å². The predicted octanol–water partition coefficient (Wildman–Crippen LogP) is 2.93. The van der Waals surface area contributed by atoms with Crippen LogP contribution in [0.3, 0.4) is 0 Å². The zero-order chi connectivity index (χ0) is 10.6. The largest absolute Gasteiger partial charge is 0.298 e. The molecule has 0 bridgehead atoms. The van der Waals surface area contributed by atoms with Gasteiger partial charge in [0.2, 0.25) is 0 Å². The summed E-state index contributed by atoms with van der Waals surface area (Å²) in [5.74, 6) is 0.534. The molecular formula is C12H19NO. The minimum atomic E-state index is -0.342. The van der Waals surface area contributed by atoms with Gasteiger partial charge >= 0.3 is 0 Å². The van der Waals surface area contributed by atoms with E-state index in [1.807, 2.05) is 6.92 Å². The molecule has 0 aromatic carbocycles. The van der Waals surface area contributed by atoms with Crippen molar-refractivity contribution in [2.75, 3.05) is 0 Å². The fourth-order valence-corrected chi connectivity index (χ4v) is 2.39. The van der Waals surface area contributed by atoms with Gasteiger partial charge in [0, 0.05) is 5.92 Å². The lowest BCUT2D eigenvalue weighted by atomic mass is 9.85. The lowest BCUT2D eigenvalue weighted by Crippen LogP contribution is -2.24. The molecule has 1 saturated carbocycles. The number of Topliss-reactive ketones (excluding diaryl/α,β-unsaturated/α-hetero) is 1. The topological polar surface area (TPSA) is 40.9 Å². The molecule has 0 amide bonds. The number of carbonyl (C=O) groups excluding carboxylic acids is 1. The van der Waals surface area contributed by atoms with Crippen LogP contribution in [0.4, 0.5) is 0 Å². The monoisotopic (exact) mass is 193 g/mol. The SMILES string of the molecule is CCCC(C#N)C(=O)C1CCCC1C. The zero-order valence-electron chi connectivity index (χ0n) is 9.12. The number of hydrogen-bond acceptors (Lipinski definition) is 2. The Balaban J connectivity index is 2.58. The van der Waals surface area contributed by atoms with Gasteiger partial charge in [0.25, 0.3) is 0 Å². The van der Waals surface area contributed by atoms with Gasteiger partial charge in [0.1, 0.15) is 5.92 Å². The van der Waals surface area contributed by atoms with Gasteiger partial charge in [-0.3, -0.25) is 4.79 Å². The van der Waals surface area contributed by atoms with E-state index in [1.54, 1.807) is 0 Å². The van der Waals surface area contributed by atoms with E-state index in [9.17, 15) is 4.79 Å². The van der Waals surface area contributed by atoms with Crippen molar-refractivity contribution < 1.29 is 4.79 Å². The maximum Gasteiger partial charge on any atom is 0.153 e. The summed E-state index contributed by atoms with van der Waals surface area (Å²) in [4.78, 5) is 12.0. The predicted molar refractivity (Wildman–Crippen MR) is 55.5 cm³/mol. The van der Waals surface area contributed by atoms with Gasteiger partial charge in [-0.1, -0.05) is 26.7 Å². The third-order valence-corrected chi connectivity index (χ3v) is 3.30. The summed E-state index contributed by atoms with van der Waals surface area (Å²) in [5.41, 5.74) is 0. The van der Waals surface area contributed by atoms with Crippen LogP contribution in [0.25, 0.3) is 0 Å². The average molecular weight is 193 g/mol. The number of nitrogens with zero attached hydrogens (tertiary/aromatic N) is 1. The molecule has 1 aliphatic rings. The first-order valence-corrected chi connectivity index (χ1v) is 5.64. The summed E-state index contributed by atoms with van der Waals surface area (Å²) < 4.78 is 0. The average Bonchev–Trinajstić information content (AvgIpc) is 2.59. The molecule has 0 aliphatic heterocycles. The van der Waals surface area contributed by atoms with Gasteiger partial charge in [-0.25, -0.2) is 0 Å². The molecular weight excluding hydrogens is 174 g/mol. The summed E-state index contributed by atoms with van der Waals surface area (Å²) in [6.07, 6.45) is 4.97. The fraction of sp³-hybridized carbons (Fsp3) is 0.833. The number of carbonyl (C=O) groups is 1. The van der Waals surface area contributed by atoms with Crippen molar-refractivity contribution in [1.29, 1.82) is 5.26 Å². The third-order valence-electron chi connectivity index (χ3n) is 3.30. The minimum Gasteiger partial charge on any atom is -0.298 e. The molecule has 0 aromatic rings. The molecule has 14 heavy (non-hydrogen) atoms. The van der Waals surface area contributed by atoms with Gasteiger partial charge in [0.15, 0.2) is 5.78 Å². The first kappa shape index (κ1) is 11.2. The van der Waals surface area contributed by atoms with Crippen LogP contribution in [-0.2, 0) is 4.79 Å². The minimum absolute atomic E-state index is 0.172. The second-order valence-electron chi connectivity index (χ2n) is 4.39. The quantitative estimate of drug-likeness (QED) is 0.688. The summed E-state index contributed by atoms with van der Waals surface area (Å²) in [5, 5.41) is 8.90. The Morgan fingerprint density at radius 3 is 2.71 bits per heavy atom. The highest BCUT2D eigenvalue weighted by atomic mass is 16.1. The van der Waals surface area contributed by atoms with Crippen molar-refractivity contribution in [1.82, 2.24) is 0 Å². The van der Waals surface area contributed by atoms with E-state index in [0.717, 1.165) is 32.1 Å². The Kier molecular flexibility index (Phi) is 4.13. The number of rotatable bonds is 4. The van der Waals surface area contributed by atoms with Crippen molar-refractivity contribution in [2.45, 2.75) is 46.0 Å². The molecule has 0 spiro atoms. The Labute approximate surface area is 86.3 Å². The number of ketones is 1. The van der Waals surface area contributed by atoms with E-state index in [-0.39, 0.29) is 17.6 Å². The highest BCUT2D eigenvalue weighted by Crippen LogP contribution is 2.34. The highest BCUT2D eigenvalue weighted by molar-refractivity contribution is 5.86. The Hall–Kier alpha value is -0.840. The Morgan fingerprint density at radius 1 is 1.57 bits per heavy atom. The van der Waals surface area contributed by atoms with Crippen LogP contribution in [0, 0.1) is 29.1 Å². The number of hydrogen-bond donors (Lipinski definition) is 0. The van der Waals surface area contributed by atoms with Crippen LogP contribution in [0.5, 0.6) is 0 Å². The van der Waals surface area contributed by atoms with Gasteiger partial charge < -0.3 is 0 Å². The molecule has 1 aliphatic carbocycles. The summed E-state index contributed by atoms with van der Waals surface area (Å²) in [6.45, 7) is 4.16. The summed E-state index contributed by atoms with van der Waals surface area (Å²) in [6, 6.07) is 2.15. The summed E-state index contributed by atoms with van der Waals surface area (Å²) >= 11 is 0. The fourth-order valence-electron chi connectivity index (χ4n) is 2.39. The van der Waals surface area contributed by atoms with Crippen LogP contribution in [0.15, 0.2) is 0 Å². The molecule has 1 rings (SSSR count). The van der Waals surface area contributed by atoms with Gasteiger partial charge in [-0.2, -0.15) is 5.26 Å². The van der Waals surface area contributed by atoms with Gasteiger partial charge in [-0.15, -0.1) is 0 Å². The van der Waals surface area contributed by atoms with Crippen LogP contribution >= 0.6 is 0 Å². The van der Waals surface area contributed by atoms with Crippen molar-refractivity contribution >= 4 is 5.78 Å². The van der Waals surface area contributed by atoms with E-state index < -0.39 is 0 Å². The normalized spacial score (nSPS) is 28.4. The molecule has 0 saturated heterocycles. The molecule has 0 N–H and O–H groups in total. The van der Waals surface area contributed by atoms with Crippen LogP contribution in [-0.4, -0.2) is 5.78 Å². The second-order valence-corrected chi connectivity index (χ2v) is 4.39. The first-order valence-electron chi connectivity index (χ1n) is 5.64. The number of nitriles is 1. The van der Waals surface area contributed by atoms with Crippen molar-refractivity contribution in [3.63, 3.8) is 0 Å². The lowest BCUT2D eigenvalue weighted by molar-refractivity contribution is -0.126. The van der Waals surface area contributed by atoms with Gasteiger partial charge in [-0.05, 0) is 25.2 Å². The molecule has 0 radical (unpaired) electrons. The van der Waals surface area contributed by atoms with E-state index in [1.165, 1.54) is 0 Å². The van der Waals surface area contributed by atoms with Crippen molar-refractivity contribution in [3.05, 3.63) is 0 Å². The van der Waals surface area contributed by atoms with Gasteiger partial charge in [0.05, 0.1) is 6.07 Å². The maximum atomic E-state index is 12.0. The lowest BCUT2D eigenvalue weighted by Gasteiger charge is -2.16. The highest BCUT2D eigenvalue weighted by Gasteiger charge is 2.33. The second kappa shape index (κ2) is 5.14. The molecule has 3 unspecified atom stereocenters. The Bertz CT molecular complexity index is 241. The molecule has 2 nitrogen and oxygen atoms in total. The van der Waals surface area contributed by atoms with E-state index in [4.69, 9.17) is 5.26 Å². The van der Waals surface area contributed by atoms with Crippen LogP contribution in [0.1, 0.15) is 46.0 Å². The zero-order valence-corrected chi connectivity index (χ0v) is 9.12. The molecule has 0 aromatic heterocycles. The van der Waals surface area contributed by atoms with Crippen molar-refractivity contribution in [2.24, 2.45) is 17.8 Å². The molecule has 1 fully saturated rings. The smallest absolute Gasteiger partial charge is 0.153 e. The Morgan fingerprint density at radius 2 is 2.29 bits per heavy atom. The molecule has 2 heteroatoms.